The first kappa shape index (κ1) is 27.6. The lowest BCUT2D eigenvalue weighted by Crippen LogP contribution is -2.43. The third-order valence-electron chi connectivity index (χ3n) is 7.95. The number of methoxy groups -OCH3 is 1. The van der Waals surface area contributed by atoms with Gasteiger partial charge >= 0.3 is 0 Å². The SMILES string of the molecule is CCC1c2nncn2-c2cnc(Nc3ccc(C(=O)NC4CCN(C)CC4)cc3OC)nc2N1Cc1ccc(F)cc1. The number of hydrogen-bond acceptors (Lipinski definition) is 9. The van der Waals surface area contributed by atoms with E-state index in [1.165, 1.54) is 12.1 Å². The molecule has 0 spiro atoms. The molecule has 2 aromatic carbocycles. The van der Waals surface area contributed by atoms with Crippen molar-refractivity contribution in [2.45, 2.75) is 44.8 Å². The average molecular weight is 572 g/mol. The van der Waals surface area contributed by atoms with Gasteiger partial charge in [-0.2, -0.15) is 4.98 Å². The van der Waals surface area contributed by atoms with E-state index >= 15 is 0 Å². The van der Waals surface area contributed by atoms with Crippen molar-refractivity contribution in [3.63, 3.8) is 0 Å². The van der Waals surface area contributed by atoms with Crippen LogP contribution in [0.25, 0.3) is 5.69 Å². The second-order valence-electron chi connectivity index (χ2n) is 10.7. The highest BCUT2D eigenvalue weighted by atomic mass is 19.1. The van der Waals surface area contributed by atoms with Crippen LogP contribution in [0.15, 0.2) is 55.0 Å². The molecule has 4 aromatic rings. The first-order valence-corrected chi connectivity index (χ1v) is 14.2. The molecule has 1 saturated heterocycles. The van der Waals surface area contributed by atoms with Crippen LogP contribution in [0.4, 0.5) is 21.8 Å². The standard InChI is InChI=1S/C30H34FN9O2/c1-4-24-28-37-33-18-40(28)25-16-32-30(36-27(25)39(24)17-19-5-8-21(31)9-6-19)35-23-10-7-20(15-26(23)42-3)29(41)34-22-11-13-38(2)14-12-22/h5-10,15-16,18,22,24H,4,11-14,17H2,1-3H3,(H,34,41)(H,32,35,36). The lowest BCUT2D eigenvalue weighted by Gasteiger charge is -2.37. The maximum atomic E-state index is 13.6. The Morgan fingerprint density at radius 1 is 1.14 bits per heavy atom. The van der Waals surface area contributed by atoms with E-state index in [1.807, 2.05) is 4.57 Å². The summed E-state index contributed by atoms with van der Waals surface area (Å²) in [6.07, 6.45) is 6.03. The highest BCUT2D eigenvalue weighted by Crippen LogP contribution is 2.39. The van der Waals surface area contributed by atoms with Crippen molar-refractivity contribution in [3.05, 3.63) is 77.8 Å². The quantitative estimate of drug-likeness (QED) is 0.321. The summed E-state index contributed by atoms with van der Waals surface area (Å²) in [6.45, 7) is 4.52. The number of fused-ring (bicyclic) bond motifs is 3. The Bertz CT molecular complexity index is 1570. The molecule has 1 unspecified atom stereocenters. The summed E-state index contributed by atoms with van der Waals surface area (Å²) in [5.41, 5.74) is 2.85. The van der Waals surface area contributed by atoms with Crippen LogP contribution in [-0.4, -0.2) is 68.8 Å². The third kappa shape index (κ3) is 5.49. The Morgan fingerprint density at radius 3 is 2.67 bits per heavy atom. The fourth-order valence-electron chi connectivity index (χ4n) is 5.60. The van der Waals surface area contributed by atoms with Crippen LogP contribution in [0.2, 0.25) is 0 Å². The number of likely N-dealkylation sites (tertiary alicyclic amines) is 1. The monoisotopic (exact) mass is 571 g/mol. The number of nitrogens with one attached hydrogen (secondary N) is 2. The van der Waals surface area contributed by atoms with E-state index in [0.717, 1.165) is 49.4 Å². The topological polar surface area (TPSA) is 113 Å². The molecule has 1 amide bonds. The Kier molecular flexibility index (Phi) is 7.70. The highest BCUT2D eigenvalue weighted by molar-refractivity contribution is 5.95. The van der Waals surface area contributed by atoms with Gasteiger partial charge < -0.3 is 25.2 Å². The predicted molar refractivity (Wildman–Crippen MR) is 157 cm³/mol. The number of benzene rings is 2. The largest absolute Gasteiger partial charge is 0.495 e. The lowest BCUT2D eigenvalue weighted by molar-refractivity contribution is 0.0916. The van der Waals surface area contributed by atoms with Gasteiger partial charge in [0.25, 0.3) is 5.91 Å². The van der Waals surface area contributed by atoms with Crippen LogP contribution < -0.4 is 20.3 Å². The Morgan fingerprint density at radius 2 is 1.93 bits per heavy atom. The molecule has 1 atom stereocenters. The fourth-order valence-corrected chi connectivity index (χ4v) is 5.60. The summed E-state index contributed by atoms with van der Waals surface area (Å²) in [5.74, 6) is 1.97. The van der Waals surface area contributed by atoms with Crippen molar-refractivity contribution in [2.75, 3.05) is 37.5 Å². The summed E-state index contributed by atoms with van der Waals surface area (Å²) in [6, 6.07) is 11.8. The van der Waals surface area contributed by atoms with Gasteiger partial charge in [0.1, 0.15) is 23.6 Å². The summed E-state index contributed by atoms with van der Waals surface area (Å²) in [5, 5.41) is 14.9. The summed E-state index contributed by atoms with van der Waals surface area (Å²) < 4.78 is 21.2. The normalized spacial score (nSPS) is 17.0. The molecule has 0 bridgehead atoms. The van der Waals surface area contributed by atoms with Crippen molar-refractivity contribution >= 4 is 23.4 Å². The molecular formula is C30H34FN9O2. The molecule has 0 saturated carbocycles. The Labute approximate surface area is 243 Å². The van der Waals surface area contributed by atoms with Crippen molar-refractivity contribution in [2.24, 2.45) is 0 Å². The van der Waals surface area contributed by atoms with Gasteiger partial charge in [-0.3, -0.25) is 9.36 Å². The van der Waals surface area contributed by atoms with Crippen molar-refractivity contribution in [3.8, 4) is 11.4 Å². The molecule has 218 valence electrons. The molecule has 2 aliphatic rings. The van der Waals surface area contributed by atoms with Crippen LogP contribution >= 0.6 is 0 Å². The van der Waals surface area contributed by atoms with E-state index in [9.17, 15) is 9.18 Å². The summed E-state index contributed by atoms with van der Waals surface area (Å²) >= 11 is 0. The molecule has 2 aliphatic heterocycles. The number of hydrogen-bond donors (Lipinski definition) is 2. The summed E-state index contributed by atoms with van der Waals surface area (Å²) in [4.78, 5) is 26.9. The Balaban J connectivity index is 1.27. The fraction of sp³-hybridized carbons (Fsp3) is 0.367. The molecule has 11 nitrogen and oxygen atoms in total. The zero-order valence-corrected chi connectivity index (χ0v) is 23.9. The van der Waals surface area contributed by atoms with Gasteiger partial charge in [-0.25, -0.2) is 9.37 Å². The minimum absolute atomic E-state index is 0.0929. The first-order valence-electron chi connectivity index (χ1n) is 14.2. The van der Waals surface area contributed by atoms with Gasteiger partial charge in [-0.05, 0) is 75.3 Å². The molecule has 12 heteroatoms. The van der Waals surface area contributed by atoms with E-state index in [-0.39, 0.29) is 23.8 Å². The van der Waals surface area contributed by atoms with Gasteiger partial charge in [0, 0.05) is 18.2 Å². The minimum atomic E-state index is -0.280. The second kappa shape index (κ2) is 11.7. The third-order valence-corrected chi connectivity index (χ3v) is 7.95. The van der Waals surface area contributed by atoms with Gasteiger partial charge in [0.15, 0.2) is 11.6 Å². The highest BCUT2D eigenvalue weighted by Gasteiger charge is 2.34. The van der Waals surface area contributed by atoms with Crippen LogP contribution in [0.1, 0.15) is 54.0 Å². The maximum Gasteiger partial charge on any atom is 0.251 e. The van der Waals surface area contributed by atoms with E-state index in [0.29, 0.717) is 35.3 Å². The van der Waals surface area contributed by atoms with Crippen LogP contribution in [0.5, 0.6) is 5.75 Å². The number of ether oxygens (including phenoxy) is 1. The number of nitrogens with zero attached hydrogens (tertiary/aromatic N) is 7. The van der Waals surface area contributed by atoms with Crippen LogP contribution in [0.3, 0.4) is 0 Å². The molecule has 0 radical (unpaired) electrons. The van der Waals surface area contributed by atoms with E-state index in [1.54, 1.807) is 50.0 Å². The molecule has 2 aromatic heterocycles. The second-order valence-corrected chi connectivity index (χ2v) is 10.7. The number of carbonyl (C=O) groups is 1. The molecule has 6 rings (SSSR count). The smallest absolute Gasteiger partial charge is 0.251 e. The number of anilines is 3. The van der Waals surface area contributed by atoms with E-state index < -0.39 is 0 Å². The molecule has 1 fully saturated rings. The van der Waals surface area contributed by atoms with E-state index in [2.05, 4.69) is 49.6 Å². The van der Waals surface area contributed by atoms with Gasteiger partial charge in [-0.15, -0.1) is 10.2 Å². The minimum Gasteiger partial charge on any atom is -0.495 e. The van der Waals surface area contributed by atoms with Crippen LogP contribution in [0, 0.1) is 5.82 Å². The van der Waals surface area contributed by atoms with Gasteiger partial charge in [0.2, 0.25) is 5.95 Å². The zero-order valence-electron chi connectivity index (χ0n) is 23.9. The number of aromatic nitrogens is 5. The number of rotatable bonds is 8. The molecule has 4 heterocycles. The molecule has 42 heavy (non-hydrogen) atoms. The summed E-state index contributed by atoms with van der Waals surface area (Å²) in [7, 11) is 3.66. The molecule has 2 N–H and O–H groups in total. The maximum absolute atomic E-state index is 13.6. The van der Waals surface area contributed by atoms with Crippen molar-refractivity contribution in [1.29, 1.82) is 0 Å². The van der Waals surface area contributed by atoms with Crippen molar-refractivity contribution in [1.82, 2.24) is 34.9 Å². The van der Waals surface area contributed by atoms with E-state index in [4.69, 9.17) is 9.72 Å². The molecular weight excluding hydrogens is 537 g/mol. The van der Waals surface area contributed by atoms with Crippen molar-refractivity contribution < 1.29 is 13.9 Å². The van der Waals surface area contributed by atoms with Gasteiger partial charge in [0.05, 0.1) is 25.0 Å². The zero-order chi connectivity index (χ0) is 29.2. The Hall–Kier alpha value is -4.58. The number of piperidine rings is 1. The molecule has 0 aliphatic carbocycles. The first-order chi connectivity index (χ1) is 20.4. The number of amides is 1. The van der Waals surface area contributed by atoms with Gasteiger partial charge in [-0.1, -0.05) is 19.1 Å². The number of halogens is 1. The lowest BCUT2D eigenvalue weighted by atomic mass is 10.0. The number of carbonyl (C=O) groups excluding carboxylic acids is 1. The average Bonchev–Trinajstić information content (AvgIpc) is 3.49. The predicted octanol–water partition coefficient (Wildman–Crippen LogP) is 4.24. The van der Waals surface area contributed by atoms with Crippen LogP contribution in [-0.2, 0) is 6.54 Å².